The van der Waals surface area contributed by atoms with E-state index >= 15 is 0 Å². The van der Waals surface area contributed by atoms with Gasteiger partial charge in [-0.2, -0.15) is 0 Å². The van der Waals surface area contributed by atoms with Gasteiger partial charge in [-0.25, -0.2) is 9.37 Å². The summed E-state index contributed by atoms with van der Waals surface area (Å²) >= 11 is 0. The van der Waals surface area contributed by atoms with Crippen LogP contribution in [0.25, 0.3) is 0 Å². The Morgan fingerprint density at radius 1 is 1.60 bits per heavy atom. The first kappa shape index (κ1) is 6.95. The monoisotopic (exact) mass is 143 g/mol. The molecular formula is C6H6FNO2. The molecule has 0 aliphatic rings. The smallest absolute Gasteiger partial charge is 0.247 e. The van der Waals surface area contributed by atoms with Crippen molar-refractivity contribution in [3.05, 3.63) is 23.6 Å². The topological polar surface area (TPSA) is 53.4 Å². The largest absolute Gasteiger partial charge is 0.491 e. The van der Waals surface area contributed by atoms with E-state index in [-0.39, 0.29) is 6.61 Å². The molecule has 0 saturated carbocycles. The molecule has 0 amide bonds. The van der Waals surface area contributed by atoms with Gasteiger partial charge in [0.15, 0.2) is 5.82 Å². The maximum Gasteiger partial charge on any atom is 0.247 e. The molecule has 0 aromatic carbocycles. The van der Waals surface area contributed by atoms with Crippen LogP contribution in [-0.2, 0) is 6.61 Å². The van der Waals surface area contributed by atoms with Crippen LogP contribution in [0.2, 0.25) is 0 Å². The minimum absolute atomic E-state index is 0.274. The van der Waals surface area contributed by atoms with Crippen molar-refractivity contribution in [3.63, 3.8) is 0 Å². The quantitative estimate of drug-likeness (QED) is 0.599. The number of hydrogen-bond donors (Lipinski definition) is 2. The SMILES string of the molecule is OCc1cnc(O)c(F)c1. The van der Waals surface area contributed by atoms with Crippen LogP contribution < -0.4 is 0 Å². The van der Waals surface area contributed by atoms with Gasteiger partial charge in [0.2, 0.25) is 5.88 Å². The number of aliphatic hydroxyl groups is 1. The van der Waals surface area contributed by atoms with Gasteiger partial charge in [0, 0.05) is 6.20 Å². The molecule has 10 heavy (non-hydrogen) atoms. The molecule has 0 aliphatic carbocycles. The van der Waals surface area contributed by atoms with Crippen LogP contribution in [0.3, 0.4) is 0 Å². The molecule has 4 heteroatoms. The fraction of sp³-hybridized carbons (Fsp3) is 0.167. The molecular weight excluding hydrogens is 137 g/mol. The Labute approximate surface area is 56.8 Å². The van der Waals surface area contributed by atoms with Gasteiger partial charge in [0.25, 0.3) is 0 Å². The fourth-order valence-corrected chi connectivity index (χ4v) is 0.557. The van der Waals surface area contributed by atoms with E-state index in [2.05, 4.69) is 4.98 Å². The number of nitrogens with zero attached hydrogens (tertiary/aromatic N) is 1. The van der Waals surface area contributed by atoms with E-state index in [0.29, 0.717) is 5.56 Å². The Kier molecular flexibility index (Phi) is 1.82. The van der Waals surface area contributed by atoms with Crippen LogP contribution in [0.15, 0.2) is 12.3 Å². The third kappa shape index (κ3) is 1.22. The molecule has 0 radical (unpaired) electrons. The predicted octanol–water partition coefficient (Wildman–Crippen LogP) is 0.419. The number of rotatable bonds is 1. The summed E-state index contributed by atoms with van der Waals surface area (Å²) in [6.07, 6.45) is 1.21. The summed E-state index contributed by atoms with van der Waals surface area (Å²) in [4.78, 5) is 3.27. The summed E-state index contributed by atoms with van der Waals surface area (Å²) in [5.41, 5.74) is 0.343. The average Bonchev–Trinajstić information content (AvgIpc) is 1.95. The van der Waals surface area contributed by atoms with Gasteiger partial charge in [-0.15, -0.1) is 0 Å². The van der Waals surface area contributed by atoms with Crippen LogP contribution in [0.4, 0.5) is 4.39 Å². The Morgan fingerprint density at radius 3 is 2.80 bits per heavy atom. The molecule has 0 aliphatic heterocycles. The number of hydrogen-bond acceptors (Lipinski definition) is 3. The summed E-state index contributed by atoms with van der Waals surface area (Å²) in [6.45, 7) is -0.274. The van der Waals surface area contributed by atoms with Crippen LogP contribution in [0.1, 0.15) is 5.56 Å². The van der Waals surface area contributed by atoms with Crippen LogP contribution in [0, 0.1) is 5.82 Å². The van der Waals surface area contributed by atoms with E-state index in [1.165, 1.54) is 6.20 Å². The fourth-order valence-electron chi connectivity index (χ4n) is 0.557. The first-order chi connectivity index (χ1) is 4.74. The Bertz CT molecular complexity index is 239. The zero-order chi connectivity index (χ0) is 7.56. The first-order valence-electron chi connectivity index (χ1n) is 2.68. The number of aliphatic hydroxyl groups excluding tert-OH is 1. The van der Waals surface area contributed by atoms with Crippen molar-refractivity contribution in [1.29, 1.82) is 0 Å². The number of pyridine rings is 1. The van der Waals surface area contributed by atoms with E-state index in [0.717, 1.165) is 6.07 Å². The normalized spacial score (nSPS) is 9.80. The highest BCUT2D eigenvalue weighted by molar-refractivity contribution is 5.18. The minimum atomic E-state index is -0.813. The van der Waals surface area contributed by atoms with Crippen molar-refractivity contribution in [2.24, 2.45) is 0 Å². The molecule has 1 aromatic heterocycles. The third-order valence-corrected chi connectivity index (χ3v) is 1.06. The van der Waals surface area contributed by atoms with Gasteiger partial charge in [-0.3, -0.25) is 0 Å². The molecule has 2 N–H and O–H groups in total. The molecule has 0 atom stereocenters. The zero-order valence-corrected chi connectivity index (χ0v) is 5.08. The second-order valence-corrected chi connectivity index (χ2v) is 1.81. The van der Waals surface area contributed by atoms with Gasteiger partial charge < -0.3 is 10.2 Å². The Morgan fingerprint density at radius 2 is 2.30 bits per heavy atom. The highest BCUT2D eigenvalue weighted by atomic mass is 19.1. The summed E-state index contributed by atoms with van der Waals surface area (Å²) in [6, 6.07) is 1.03. The van der Waals surface area contributed by atoms with E-state index in [1.807, 2.05) is 0 Å². The van der Waals surface area contributed by atoms with Gasteiger partial charge in [0.1, 0.15) is 0 Å². The van der Waals surface area contributed by atoms with Crippen molar-refractivity contribution >= 4 is 0 Å². The van der Waals surface area contributed by atoms with E-state index in [9.17, 15) is 4.39 Å². The maximum absolute atomic E-state index is 12.3. The van der Waals surface area contributed by atoms with Crippen molar-refractivity contribution < 1.29 is 14.6 Å². The van der Waals surface area contributed by atoms with Crippen molar-refractivity contribution in [3.8, 4) is 5.88 Å². The van der Waals surface area contributed by atoms with Crippen LogP contribution >= 0.6 is 0 Å². The summed E-state index contributed by atoms with van der Waals surface area (Å²) < 4.78 is 12.3. The lowest BCUT2D eigenvalue weighted by molar-refractivity contribution is 0.280. The minimum Gasteiger partial charge on any atom is -0.491 e. The Balaban J connectivity index is 3.04. The molecule has 1 rings (SSSR count). The lowest BCUT2D eigenvalue weighted by atomic mass is 10.3. The van der Waals surface area contributed by atoms with E-state index in [1.54, 1.807) is 0 Å². The van der Waals surface area contributed by atoms with Gasteiger partial charge in [-0.1, -0.05) is 0 Å². The molecule has 3 nitrogen and oxygen atoms in total. The molecule has 1 heterocycles. The lowest BCUT2D eigenvalue weighted by Crippen LogP contribution is -1.87. The zero-order valence-electron chi connectivity index (χ0n) is 5.08. The maximum atomic E-state index is 12.3. The van der Waals surface area contributed by atoms with E-state index < -0.39 is 11.7 Å². The average molecular weight is 143 g/mol. The summed E-state index contributed by atoms with van der Waals surface area (Å²) in [5, 5.41) is 17.0. The van der Waals surface area contributed by atoms with Gasteiger partial charge >= 0.3 is 0 Å². The highest BCUT2D eigenvalue weighted by Crippen LogP contribution is 2.11. The van der Waals surface area contributed by atoms with Crippen molar-refractivity contribution in [1.82, 2.24) is 4.98 Å². The highest BCUT2D eigenvalue weighted by Gasteiger charge is 2.00. The molecule has 0 bridgehead atoms. The molecule has 0 unspecified atom stereocenters. The standard InChI is InChI=1S/C6H6FNO2/c7-5-1-4(3-9)2-8-6(5)10/h1-2,9H,3H2,(H,8,10). The lowest BCUT2D eigenvalue weighted by Gasteiger charge is -1.95. The van der Waals surface area contributed by atoms with E-state index in [4.69, 9.17) is 10.2 Å². The van der Waals surface area contributed by atoms with Gasteiger partial charge in [-0.05, 0) is 11.6 Å². The molecule has 0 spiro atoms. The second-order valence-electron chi connectivity index (χ2n) is 1.81. The third-order valence-electron chi connectivity index (χ3n) is 1.06. The summed E-state index contributed by atoms with van der Waals surface area (Å²) in [7, 11) is 0. The number of aromatic hydroxyl groups is 1. The Hall–Kier alpha value is -1.16. The molecule has 0 fully saturated rings. The van der Waals surface area contributed by atoms with Crippen molar-refractivity contribution in [2.45, 2.75) is 6.61 Å². The molecule has 1 aromatic rings. The second kappa shape index (κ2) is 2.62. The number of halogens is 1. The molecule has 0 saturated heterocycles. The predicted molar refractivity (Wildman–Crippen MR) is 31.8 cm³/mol. The molecule has 54 valence electrons. The van der Waals surface area contributed by atoms with Crippen LogP contribution in [-0.4, -0.2) is 15.2 Å². The van der Waals surface area contributed by atoms with Crippen LogP contribution in [0.5, 0.6) is 5.88 Å². The first-order valence-corrected chi connectivity index (χ1v) is 2.68. The van der Waals surface area contributed by atoms with Gasteiger partial charge in [0.05, 0.1) is 6.61 Å². The number of aromatic nitrogens is 1. The van der Waals surface area contributed by atoms with Crippen molar-refractivity contribution in [2.75, 3.05) is 0 Å². The summed E-state index contributed by atoms with van der Waals surface area (Å²) in [5.74, 6) is -1.45.